The van der Waals surface area contributed by atoms with Gasteiger partial charge in [-0.05, 0) is 42.3 Å². The second-order valence-electron chi connectivity index (χ2n) is 6.90. The Bertz CT molecular complexity index is 1020. The summed E-state index contributed by atoms with van der Waals surface area (Å²) >= 11 is 0. The third-order valence-corrected chi connectivity index (χ3v) is 4.74. The summed E-state index contributed by atoms with van der Waals surface area (Å²) in [5, 5.41) is 9.30. The highest BCUT2D eigenvalue weighted by molar-refractivity contribution is 5.94. The lowest BCUT2D eigenvalue weighted by atomic mass is 10.1. The Morgan fingerprint density at radius 2 is 1.71 bits per heavy atom. The summed E-state index contributed by atoms with van der Waals surface area (Å²) in [6.07, 6.45) is 0.777. The fourth-order valence-electron chi connectivity index (χ4n) is 3.10. The van der Waals surface area contributed by atoms with Gasteiger partial charge in [0, 0.05) is 38.3 Å². The highest BCUT2D eigenvalue weighted by Crippen LogP contribution is 2.24. The van der Waals surface area contributed by atoms with E-state index in [0.717, 1.165) is 29.0 Å². The molecule has 0 atom stereocenters. The topological polar surface area (TPSA) is 74.8 Å². The Morgan fingerprint density at radius 3 is 2.48 bits per heavy atom. The first-order valence-corrected chi connectivity index (χ1v) is 10.3. The summed E-state index contributed by atoms with van der Waals surface area (Å²) in [6, 6.07) is 25.3. The molecule has 3 rings (SSSR count). The molecule has 3 aromatic rings. The van der Waals surface area contributed by atoms with Crippen molar-refractivity contribution in [1.82, 2.24) is 16.0 Å². The molecule has 3 aromatic carbocycles. The van der Waals surface area contributed by atoms with Gasteiger partial charge in [-0.25, -0.2) is 0 Å². The van der Waals surface area contributed by atoms with Crippen molar-refractivity contribution in [1.29, 1.82) is 0 Å². The van der Waals surface area contributed by atoms with E-state index in [0.29, 0.717) is 24.6 Å². The molecule has 3 N–H and O–H groups in total. The second kappa shape index (κ2) is 11.4. The summed E-state index contributed by atoms with van der Waals surface area (Å²) < 4.78 is 6.02. The minimum atomic E-state index is -0.0799. The minimum Gasteiger partial charge on any atom is -0.457 e. The van der Waals surface area contributed by atoms with E-state index in [1.54, 1.807) is 14.1 Å². The molecule has 0 spiro atoms. The van der Waals surface area contributed by atoms with Gasteiger partial charge in [-0.3, -0.25) is 9.79 Å². The standard InChI is InChI=1S/C25H28N4O2/c1-26-24(30)20-11-8-9-19(17-20)15-16-28-25(27-2)29-18-21-10-6-7-14-23(21)31-22-12-4-3-5-13-22/h3-14,17H,15-16,18H2,1-2H3,(H,26,30)(H2,27,28,29). The third-order valence-electron chi connectivity index (χ3n) is 4.74. The SMILES string of the molecule is CN=C(NCCc1cccc(C(=O)NC)c1)NCc1ccccc1Oc1ccccc1. The number of nitrogens with zero attached hydrogens (tertiary/aromatic N) is 1. The van der Waals surface area contributed by atoms with Gasteiger partial charge in [0.15, 0.2) is 5.96 Å². The molecule has 0 saturated heterocycles. The van der Waals surface area contributed by atoms with Crippen molar-refractivity contribution in [2.75, 3.05) is 20.6 Å². The fraction of sp³-hybridized carbons (Fsp3) is 0.200. The number of hydrogen-bond acceptors (Lipinski definition) is 3. The lowest BCUT2D eigenvalue weighted by Gasteiger charge is -2.15. The molecule has 0 heterocycles. The maximum atomic E-state index is 11.8. The van der Waals surface area contributed by atoms with Gasteiger partial charge in [0.25, 0.3) is 5.91 Å². The lowest BCUT2D eigenvalue weighted by molar-refractivity contribution is 0.0963. The first-order valence-electron chi connectivity index (χ1n) is 10.3. The van der Waals surface area contributed by atoms with Gasteiger partial charge < -0.3 is 20.7 Å². The van der Waals surface area contributed by atoms with Crippen LogP contribution in [-0.2, 0) is 13.0 Å². The molecular formula is C25H28N4O2. The van der Waals surface area contributed by atoms with Crippen molar-refractivity contribution in [2.45, 2.75) is 13.0 Å². The number of rotatable bonds is 8. The number of nitrogens with one attached hydrogen (secondary N) is 3. The van der Waals surface area contributed by atoms with E-state index in [2.05, 4.69) is 20.9 Å². The van der Waals surface area contributed by atoms with E-state index in [1.165, 1.54) is 0 Å². The van der Waals surface area contributed by atoms with E-state index in [1.807, 2.05) is 78.9 Å². The largest absolute Gasteiger partial charge is 0.457 e. The molecular weight excluding hydrogens is 388 g/mol. The third kappa shape index (κ3) is 6.60. The van der Waals surface area contributed by atoms with Crippen molar-refractivity contribution in [3.63, 3.8) is 0 Å². The second-order valence-corrected chi connectivity index (χ2v) is 6.90. The van der Waals surface area contributed by atoms with Gasteiger partial charge >= 0.3 is 0 Å². The molecule has 0 unspecified atom stereocenters. The zero-order chi connectivity index (χ0) is 21.9. The molecule has 160 valence electrons. The van der Waals surface area contributed by atoms with E-state index in [4.69, 9.17) is 4.74 Å². The summed E-state index contributed by atoms with van der Waals surface area (Å²) in [5.41, 5.74) is 2.79. The first-order chi connectivity index (χ1) is 15.2. The zero-order valence-electron chi connectivity index (χ0n) is 17.9. The van der Waals surface area contributed by atoms with Crippen LogP contribution in [0, 0.1) is 0 Å². The van der Waals surface area contributed by atoms with Crippen LogP contribution in [0.5, 0.6) is 11.5 Å². The summed E-state index contributed by atoms with van der Waals surface area (Å²) in [7, 11) is 3.38. The van der Waals surface area contributed by atoms with E-state index in [9.17, 15) is 4.79 Å². The van der Waals surface area contributed by atoms with Gasteiger partial charge in [0.2, 0.25) is 0 Å². The minimum absolute atomic E-state index is 0.0799. The quantitative estimate of drug-likeness (QED) is 0.386. The van der Waals surface area contributed by atoms with Crippen LogP contribution in [0.1, 0.15) is 21.5 Å². The van der Waals surface area contributed by atoms with E-state index in [-0.39, 0.29) is 5.91 Å². The number of hydrogen-bond donors (Lipinski definition) is 3. The molecule has 0 aliphatic rings. The highest BCUT2D eigenvalue weighted by Gasteiger charge is 2.07. The number of amides is 1. The van der Waals surface area contributed by atoms with Crippen LogP contribution in [0.15, 0.2) is 83.9 Å². The van der Waals surface area contributed by atoms with Gasteiger partial charge in [-0.2, -0.15) is 0 Å². The summed E-state index contributed by atoms with van der Waals surface area (Å²) in [4.78, 5) is 16.1. The van der Waals surface area contributed by atoms with Crippen molar-refractivity contribution < 1.29 is 9.53 Å². The number of ether oxygens (including phenoxy) is 1. The number of benzene rings is 3. The van der Waals surface area contributed by atoms with Gasteiger partial charge in [-0.1, -0.05) is 48.5 Å². The molecule has 0 aromatic heterocycles. The van der Waals surface area contributed by atoms with Gasteiger partial charge in [-0.15, -0.1) is 0 Å². The maximum Gasteiger partial charge on any atom is 0.251 e. The molecule has 1 amide bonds. The average Bonchev–Trinajstić information content (AvgIpc) is 2.82. The van der Waals surface area contributed by atoms with E-state index >= 15 is 0 Å². The predicted octanol–water partition coefficient (Wildman–Crippen LogP) is 3.75. The maximum absolute atomic E-state index is 11.8. The van der Waals surface area contributed by atoms with Crippen LogP contribution in [0.25, 0.3) is 0 Å². The molecule has 0 aliphatic heterocycles. The van der Waals surface area contributed by atoms with Crippen molar-refractivity contribution in [3.8, 4) is 11.5 Å². The average molecular weight is 417 g/mol. The number of para-hydroxylation sites is 2. The smallest absolute Gasteiger partial charge is 0.251 e. The zero-order valence-corrected chi connectivity index (χ0v) is 17.9. The summed E-state index contributed by atoms with van der Waals surface area (Å²) in [5.74, 6) is 2.24. The fourth-order valence-corrected chi connectivity index (χ4v) is 3.10. The van der Waals surface area contributed by atoms with Crippen molar-refractivity contribution >= 4 is 11.9 Å². The van der Waals surface area contributed by atoms with Crippen molar-refractivity contribution in [3.05, 3.63) is 95.6 Å². The van der Waals surface area contributed by atoms with Gasteiger partial charge in [0.05, 0.1) is 0 Å². The Hall–Kier alpha value is -3.80. The Morgan fingerprint density at radius 1 is 0.935 bits per heavy atom. The highest BCUT2D eigenvalue weighted by atomic mass is 16.5. The number of carbonyl (C=O) groups is 1. The lowest BCUT2D eigenvalue weighted by Crippen LogP contribution is -2.37. The van der Waals surface area contributed by atoms with Crippen LogP contribution in [0.3, 0.4) is 0 Å². The normalized spacial score (nSPS) is 11.0. The van der Waals surface area contributed by atoms with Crippen LogP contribution in [0.4, 0.5) is 0 Å². The molecule has 0 bridgehead atoms. The number of carbonyl (C=O) groups excluding carboxylic acids is 1. The van der Waals surface area contributed by atoms with Crippen LogP contribution in [-0.4, -0.2) is 32.5 Å². The predicted molar refractivity (Wildman–Crippen MR) is 125 cm³/mol. The number of aliphatic imine (C=N–C) groups is 1. The molecule has 0 aliphatic carbocycles. The molecule has 6 heteroatoms. The molecule has 0 saturated carbocycles. The Labute approximate surface area is 183 Å². The van der Waals surface area contributed by atoms with E-state index < -0.39 is 0 Å². The van der Waals surface area contributed by atoms with Gasteiger partial charge in [0.1, 0.15) is 11.5 Å². The number of guanidine groups is 1. The Balaban J connectivity index is 1.53. The van der Waals surface area contributed by atoms with Crippen molar-refractivity contribution in [2.24, 2.45) is 4.99 Å². The monoisotopic (exact) mass is 416 g/mol. The van der Waals surface area contributed by atoms with Crippen LogP contribution < -0.4 is 20.7 Å². The molecule has 6 nitrogen and oxygen atoms in total. The first kappa shape index (κ1) is 21.9. The molecule has 31 heavy (non-hydrogen) atoms. The van der Waals surface area contributed by atoms with Crippen LogP contribution in [0.2, 0.25) is 0 Å². The molecule has 0 radical (unpaired) electrons. The van der Waals surface area contributed by atoms with Crippen LogP contribution >= 0.6 is 0 Å². The summed E-state index contributed by atoms with van der Waals surface area (Å²) in [6.45, 7) is 1.27. The Kier molecular flexibility index (Phi) is 8.05. The molecule has 0 fully saturated rings.